The fourth-order valence-electron chi connectivity index (χ4n) is 1.11. The first-order chi connectivity index (χ1) is 7.52. The van der Waals surface area contributed by atoms with Crippen LogP contribution in [0.2, 0.25) is 0 Å². The molecule has 1 atom stereocenters. The van der Waals surface area contributed by atoms with Crippen LogP contribution in [0.3, 0.4) is 0 Å². The Morgan fingerprint density at radius 1 is 1.44 bits per heavy atom. The van der Waals surface area contributed by atoms with Gasteiger partial charge in [0.1, 0.15) is 6.04 Å². The Morgan fingerprint density at radius 3 is 2.50 bits per heavy atom. The Balaban J connectivity index is 4.27. The van der Waals surface area contributed by atoms with Gasteiger partial charge in [0.2, 0.25) is 5.91 Å². The molecule has 16 heavy (non-hydrogen) atoms. The molecule has 0 aromatic carbocycles. The minimum absolute atomic E-state index is 0.178. The number of hydrogen-bond acceptors (Lipinski definition) is 4. The molecule has 0 aliphatic heterocycles. The van der Waals surface area contributed by atoms with E-state index in [1.54, 1.807) is 13.8 Å². The van der Waals surface area contributed by atoms with Crippen LogP contribution in [0.4, 0.5) is 0 Å². The van der Waals surface area contributed by atoms with E-state index in [1.807, 2.05) is 6.07 Å². The Morgan fingerprint density at radius 2 is 2.06 bits per heavy atom. The third-order valence-corrected chi connectivity index (χ3v) is 2.11. The minimum atomic E-state index is -0.645. The van der Waals surface area contributed by atoms with Gasteiger partial charge >= 0.3 is 5.97 Å². The van der Waals surface area contributed by atoms with E-state index in [4.69, 9.17) is 5.26 Å². The van der Waals surface area contributed by atoms with Gasteiger partial charge in [0.05, 0.1) is 13.2 Å². The maximum Gasteiger partial charge on any atom is 0.328 e. The third kappa shape index (κ3) is 5.35. The summed E-state index contributed by atoms with van der Waals surface area (Å²) < 4.78 is 4.59. The second-order valence-corrected chi connectivity index (χ2v) is 3.79. The van der Waals surface area contributed by atoms with Crippen LogP contribution in [0.25, 0.3) is 0 Å². The predicted octanol–water partition coefficient (Wildman–Crippen LogP) is 0.994. The predicted molar refractivity (Wildman–Crippen MR) is 58.2 cm³/mol. The van der Waals surface area contributed by atoms with E-state index in [2.05, 4.69) is 10.1 Å². The zero-order valence-corrected chi connectivity index (χ0v) is 9.95. The topological polar surface area (TPSA) is 79.2 Å². The molecule has 0 aromatic rings. The quantitative estimate of drug-likeness (QED) is 0.541. The maximum absolute atomic E-state index is 11.4. The van der Waals surface area contributed by atoms with Crippen LogP contribution in [0, 0.1) is 17.2 Å². The number of nitrogens with zero attached hydrogens (tertiary/aromatic N) is 1. The van der Waals surface area contributed by atoms with Gasteiger partial charge in [0, 0.05) is 12.3 Å². The molecule has 0 aromatic heterocycles. The molecular formula is C11H18N2O3. The van der Waals surface area contributed by atoms with Crippen LogP contribution in [-0.2, 0) is 14.3 Å². The monoisotopic (exact) mass is 226 g/mol. The molecule has 0 heterocycles. The Hall–Kier alpha value is -1.57. The van der Waals surface area contributed by atoms with Gasteiger partial charge in [-0.05, 0) is 12.8 Å². The van der Waals surface area contributed by atoms with E-state index < -0.39 is 12.0 Å². The number of rotatable bonds is 6. The minimum Gasteiger partial charge on any atom is -0.467 e. The first-order valence-electron chi connectivity index (χ1n) is 5.28. The van der Waals surface area contributed by atoms with Crippen molar-refractivity contribution < 1.29 is 14.3 Å². The lowest BCUT2D eigenvalue weighted by atomic mass is 10.1. The third-order valence-electron chi connectivity index (χ3n) is 2.11. The van der Waals surface area contributed by atoms with Gasteiger partial charge in [0.25, 0.3) is 0 Å². The van der Waals surface area contributed by atoms with Crippen LogP contribution in [0.1, 0.15) is 33.1 Å². The van der Waals surface area contributed by atoms with E-state index in [-0.39, 0.29) is 11.8 Å². The number of carbonyl (C=O) groups excluding carboxylic acids is 2. The fraction of sp³-hybridized carbons (Fsp3) is 0.727. The Labute approximate surface area is 95.8 Å². The van der Waals surface area contributed by atoms with Gasteiger partial charge in [-0.1, -0.05) is 13.8 Å². The number of ether oxygens (including phenoxy) is 1. The number of methoxy groups -OCH3 is 1. The van der Waals surface area contributed by atoms with Crippen LogP contribution in [0.15, 0.2) is 0 Å². The molecule has 1 amide bonds. The fourth-order valence-corrected chi connectivity index (χ4v) is 1.11. The van der Waals surface area contributed by atoms with Gasteiger partial charge in [-0.25, -0.2) is 4.79 Å². The van der Waals surface area contributed by atoms with Gasteiger partial charge < -0.3 is 10.1 Å². The van der Waals surface area contributed by atoms with Crippen LogP contribution in [-0.4, -0.2) is 25.0 Å². The van der Waals surface area contributed by atoms with Crippen molar-refractivity contribution >= 4 is 11.9 Å². The van der Waals surface area contributed by atoms with Crippen molar-refractivity contribution in [2.45, 2.75) is 39.2 Å². The molecule has 0 bridgehead atoms. The molecule has 0 radical (unpaired) electrons. The van der Waals surface area contributed by atoms with Gasteiger partial charge in [-0.15, -0.1) is 0 Å². The van der Waals surface area contributed by atoms with E-state index in [1.165, 1.54) is 7.11 Å². The number of nitrogens with one attached hydrogen (secondary N) is 1. The van der Waals surface area contributed by atoms with Gasteiger partial charge in [0.15, 0.2) is 0 Å². The van der Waals surface area contributed by atoms with Crippen molar-refractivity contribution in [3.8, 4) is 6.07 Å². The zero-order chi connectivity index (χ0) is 12.6. The van der Waals surface area contributed by atoms with Gasteiger partial charge in [-0.3, -0.25) is 4.79 Å². The molecule has 0 fully saturated rings. The van der Waals surface area contributed by atoms with Crippen LogP contribution in [0.5, 0.6) is 0 Å². The van der Waals surface area contributed by atoms with Gasteiger partial charge in [-0.2, -0.15) is 5.26 Å². The maximum atomic E-state index is 11.4. The zero-order valence-electron chi connectivity index (χ0n) is 9.95. The van der Waals surface area contributed by atoms with E-state index in [0.29, 0.717) is 19.3 Å². The Bertz CT molecular complexity index is 281. The summed E-state index contributed by atoms with van der Waals surface area (Å²) in [6.07, 6.45) is 1.36. The highest BCUT2D eigenvalue weighted by Crippen LogP contribution is 2.04. The second kappa shape index (κ2) is 7.69. The number of nitriles is 1. The second-order valence-electron chi connectivity index (χ2n) is 3.79. The highest BCUT2D eigenvalue weighted by Gasteiger charge is 2.21. The van der Waals surface area contributed by atoms with Crippen molar-refractivity contribution in [3.63, 3.8) is 0 Å². The molecule has 0 aliphatic rings. The molecule has 0 saturated carbocycles. The molecule has 5 heteroatoms. The lowest BCUT2D eigenvalue weighted by Gasteiger charge is -2.17. The largest absolute Gasteiger partial charge is 0.467 e. The van der Waals surface area contributed by atoms with Crippen molar-refractivity contribution in [2.24, 2.45) is 5.92 Å². The standard InChI is InChI=1S/C11H18N2O3/c1-8(2)10(14)13-9(11(15)16-3)6-4-5-7-12/h8-9H,4-6H2,1-3H3,(H,13,14)/t9-/m1/s1. The average Bonchev–Trinajstić information content (AvgIpc) is 2.26. The van der Waals surface area contributed by atoms with E-state index in [0.717, 1.165) is 0 Å². The number of unbranched alkanes of at least 4 members (excludes halogenated alkanes) is 1. The smallest absolute Gasteiger partial charge is 0.328 e. The highest BCUT2D eigenvalue weighted by molar-refractivity contribution is 5.85. The molecule has 0 saturated heterocycles. The SMILES string of the molecule is COC(=O)[C@@H](CCCC#N)NC(=O)C(C)C. The molecule has 0 aliphatic carbocycles. The molecule has 0 rings (SSSR count). The summed E-state index contributed by atoms with van der Waals surface area (Å²) in [4.78, 5) is 22.8. The first kappa shape index (κ1) is 14.4. The van der Waals surface area contributed by atoms with Crippen molar-refractivity contribution in [3.05, 3.63) is 0 Å². The molecule has 1 N–H and O–H groups in total. The van der Waals surface area contributed by atoms with Crippen LogP contribution < -0.4 is 5.32 Å². The van der Waals surface area contributed by atoms with Crippen molar-refractivity contribution in [2.75, 3.05) is 7.11 Å². The summed E-state index contributed by atoms with van der Waals surface area (Å²) in [6, 6.07) is 1.35. The number of carbonyl (C=O) groups is 2. The summed E-state index contributed by atoms with van der Waals surface area (Å²) in [7, 11) is 1.28. The summed E-state index contributed by atoms with van der Waals surface area (Å²) >= 11 is 0. The van der Waals surface area contributed by atoms with Crippen molar-refractivity contribution in [1.82, 2.24) is 5.32 Å². The van der Waals surface area contributed by atoms with E-state index >= 15 is 0 Å². The molecule has 5 nitrogen and oxygen atoms in total. The number of esters is 1. The molecule has 0 unspecified atom stereocenters. The lowest BCUT2D eigenvalue weighted by Crippen LogP contribution is -2.43. The number of hydrogen-bond donors (Lipinski definition) is 1. The van der Waals surface area contributed by atoms with E-state index in [9.17, 15) is 9.59 Å². The first-order valence-corrected chi connectivity index (χ1v) is 5.28. The lowest BCUT2D eigenvalue weighted by molar-refractivity contribution is -0.145. The number of amides is 1. The highest BCUT2D eigenvalue weighted by atomic mass is 16.5. The summed E-state index contributed by atoms with van der Waals surface area (Å²) in [5.74, 6) is -0.831. The molecular weight excluding hydrogens is 208 g/mol. The Kier molecular flexibility index (Phi) is 6.93. The summed E-state index contributed by atoms with van der Waals surface area (Å²) in [5, 5.41) is 11.0. The summed E-state index contributed by atoms with van der Waals surface area (Å²) in [5.41, 5.74) is 0. The summed E-state index contributed by atoms with van der Waals surface area (Å²) in [6.45, 7) is 3.50. The molecule has 90 valence electrons. The van der Waals surface area contributed by atoms with Crippen molar-refractivity contribution in [1.29, 1.82) is 5.26 Å². The normalized spacial score (nSPS) is 11.7. The van der Waals surface area contributed by atoms with Crippen LogP contribution >= 0.6 is 0 Å². The average molecular weight is 226 g/mol. The molecule has 0 spiro atoms.